The molecular formula is C13H15IN2O3. The van der Waals surface area contributed by atoms with E-state index in [4.69, 9.17) is 14.2 Å². The summed E-state index contributed by atoms with van der Waals surface area (Å²) in [5.41, 5.74) is 0. The molecule has 0 aliphatic carbocycles. The molecule has 0 radical (unpaired) electrons. The van der Waals surface area contributed by atoms with Gasteiger partial charge >= 0.3 is 0 Å². The molecular weight excluding hydrogens is 359 g/mol. The molecule has 0 unspecified atom stereocenters. The fraction of sp³-hybridized carbons (Fsp3) is 0.615. The van der Waals surface area contributed by atoms with E-state index < -0.39 is 0 Å². The lowest BCUT2D eigenvalue weighted by molar-refractivity contribution is -0.150. The minimum absolute atomic E-state index is 0.271. The first-order valence-corrected chi connectivity index (χ1v) is 7.66. The summed E-state index contributed by atoms with van der Waals surface area (Å²) in [6.07, 6.45) is 3.42. The molecule has 2 fully saturated rings. The average Bonchev–Trinajstić information content (AvgIpc) is 2.77. The van der Waals surface area contributed by atoms with Crippen LogP contribution in [-0.2, 0) is 9.47 Å². The van der Waals surface area contributed by atoms with E-state index >= 15 is 0 Å². The molecule has 102 valence electrons. The zero-order chi connectivity index (χ0) is 12.8. The van der Waals surface area contributed by atoms with Crippen LogP contribution in [0, 0.1) is 3.57 Å². The Kier molecular flexibility index (Phi) is 3.04. The van der Waals surface area contributed by atoms with Gasteiger partial charge in [-0.05, 0) is 35.1 Å². The van der Waals surface area contributed by atoms with Crippen LogP contribution < -0.4 is 9.64 Å². The molecule has 2 saturated heterocycles. The monoisotopic (exact) mass is 374 g/mol. The average molecular weight is 374 g/mol. The Labute approximate surface area is 125 Å². The standard InChI is InChI=1S/C13H15IN2O3/c14-11-1-2-15-13-12(11)18-5-8-3-9(4-16(8)13)19-10-6-17-7-10/h1-2,8-10H,3-7H2/t8-,9-/m0/s1. The minimum Gasteiger partial charge on any atom is -0.486 e. The predicted octanol–water partition coefficient (Wildman–Crippen LogP) is 1.44. The highest BCUT2D eigenvalue weighted by Gasteiger charge is 2.40. The van der Waals surface area contributed by atoms with Crippen molar-refractivity contribution >= 4 is 28.4 Å². The maximum Gasteiger partial charge on any atom is 0.175 e. The number of fused-ring (bicyclic) bond motifs is 3. The van der Waals surface area contributed by atoms with Gasteiger partial charge in [0.1, 0.15) is 12.7 Å². The lowest BCUT2D eigenvalue weighted by Crippen LogP contribution is -2.40. The summed E-state index contributed by atoms with van der Waals surface area (Å²) in [6, 6.07) is 2.37. The van der Waals surface area contributed by atoms with Crippen LogP contribution in [0.3, 0.4) is 0 Å². The molecule has 6 heteroatoms. The number of anilines is 1. The molecule has 1 aromatic rings. The second-order valence-corrected chi connectivity index (χ2v) is 6.38. The highest BCUT2D eigenvalue weighted by Crippen LogP contribution is 2.39. The molecule has 0 amide bonds. The third kappa shape index (κ3) is 2.09. The zero-order valence-corrected chi connectivity index (χ0v) is 12.6. The van der Waals surface area contributed by atoms with Gasteiger partial charge in [-0.2, -0.15) is 0 Å². The van der Waals surface area contributed by atoms with Gasteiger partial charge in [0.2, 0.25) is 0 Å². The summed E-state index contributed by atoms with van der Waals surface area (Å²) in [5, 5.41) is 0. The Morgan fingerprint density at radius 3 is 3.00 bits per heavy atom. The van der Waals surface area contributed by atoms with Gasteiger partial charge in [0, 0.05) is 12.7 Å². The number of hydrogen-bond acceptors (Lipinski definition) is 5. The number of ether oxygens (including phenoxy) is 3. The van der Waals surface area contributed by atoms with Crippen LogP contribution in [-0.4, -0.2) is 49.6 Å². The van der Waals surface area contributed by atoms with Crippen molar-refractivity contribution in [2.45, 2.75) is 24.7 Å². The SMILES string of the molecule is Ic1ccnc2c1OC[C@@H]1C[C@H](OC3COC3)CN21. The number of halogens is 1. The van der Waals surface area contributed by atoms with Crippen molar-refractivity contribution in [3.63, 3.8) is 0 Å². The van der Waals surface area contributed by atoms with Crippen LogP contribution >= 0.6 is 22.6 Å². The summed E-state index contributed by atoms with van der Waals surface area (Å²) >= 11 is 2.30. The van der Waals surface area contributed by atoms with Crippen molar-refractivity contribution in [1.29, 1.82) is 0 Å². The zero-order valence-electron chi connectivity index (χ0n) is 10.4. The Morgan fingerprint density at radius 2 is 2.21 bits per heavy atom. The number of hydrogen-bond donors (Lipinski definition) is 0. The van der Waals surface area contributed by atoms with Crippen LogP contribution in [0.1, 0.15) is 6.42 Å². The largest absolute Gasteiger partial charge is 0.486 e. The first kappa shape index (κ1) is 12.2. The lowest BCUT2D eigenvalue weighted by atomic mass is 10.2. The number of aromatic nitrogens is 1. The van der Waals surface area contributed by atoms with Gasteiger partial charge in [0.15, 0.2) is 11.6 Å². The molecule has 19 heavy (non-hydrogen) atoms. The first-order valence-electron chi connectivity index (χ1n) is 6.58. The molecule has 0 saturated carbocycles. The van der Waals surface area contributed by atoms with Crippen LogP contribution in [0.15, 0.2) is 12.3 Å². The summed E-state index contributed by atoms with van der Waals surface area (Å²) < 4.78 is 18.2. The van der Waals surface area contributed by atoms with E-state index in [1.54, 1.807) is 0 Å². The van der Waals surface area contributed by atoms with Crippen LogP contribution in [0.25, 0.3) is 0 Å². The molecule has 4 rings (SSSR count). The fourth-order valence-electron chi connectivity index (χ4n) is 2.89. The van der Waals surface area contributed by atoms with Crippen LogP contribution in [0.4, 0.5) is 5.82 Å². The van der Waals surface area contributed by atoms with E-state index in [1.165, 1.54) is 0 Å². The van der Waals surface area contributed by atoms with Crippen molar-refractivity contribution in [2.75, 3.05) is 31.3 Å². The Bertz CT molecular complexity index is 495. The highest BCUT2D eigenvalue weighted by molar-refractivity contribution is 14.1. The van der Waals surface area contributed by atoms with E-state index in [0.29, 0.717) is 6.04 Å². The second-order valence-electron chi connectivity index (χ2n) is 5.22. The maximum absolute atomic E-state index is 6.03. The first-order chi connectivity index (χ1) is 9.31. The van der Waals surface area contributed by atoms with E-state index in [0.717, 1.165) is 47.9 Å². The van der Waals surface area contributed by atoms with E-state index in [1.807, 2.05) is 12.3 Å². The van der Waals surface area contributed by atoms with Gasteiger partial charge in [-0.1, -0.05) is 0 Å². The number of nitrogens with zero attached hydrogens (tertiary/aromatic N) is 2. The molecule has 0 spiro atoms. The van der Waals surface area contributed by atoms with Crippen LogP contribution in [0.2, 0.25) is 0 Å². The number of rotatable bonds is 2. The van der Waals surface area contributed by atoms with Crippen molar-refractivity contribution in [3.05, 3.63) is 15.8 Å². The highest BCUT2D eigenvalue weighted by atomic mass is 127. The van der Waals surface area contributed by atoms with Gasteiger partial charge in [0.05, 0.1) is 28.9 Å². The third-order valence-electron chi connectivity index (χ3n) is 3.90. The molecule has 1 aromatic heterocycles. The molecule has 3 aliphatic heterocycles. The second kappa shape index (κ2) is 4.75. The molecule has 0 N–H and O–H groups in total. The van der Waals surface area contributed by atoms with E-state index in [9.17, 15) is 0 Å². The summed E-state index contributed by atoms with van der Waals surface area (Å²) in [4.78, 5) is 6.82. The van der Waals surface area contributed by atoms with Gasteiger partial charge in [0.25, 0.3) is 0 Å². The molecule has 3 aliphatic rings. The van der Waals surface area contributed by atoms with Gasteiger partial charge < -0.3 is 19.1 Å². The Morgan fingerprint density at radius 1 is 1.32 bits per heavy atom. The molecule has 4 heterocycles. The maximum atomic E-state index is 6.03. The van der Waals surface area contributed by atoms with Crippen molar-refractivity contribution in [3.8, 4) is 5.75 Å². The third-order valence-corrected chi connectivity index (χ3v) is 4.75. The van der Waals surface area contributed by atoms with Crippen LogP contribution in [0.5, 0.6) is 5.75 Å². The van der Waals surface area contributed by atoms with Gasteiger partial charge in [-0.3, -0.25) is 0 Å². The predicted molar refractivity (Wildman–Crippen MR) is 77.7 cm³/mol. The Balaban J connectivity index is 1.54. The normalized spacial score (nSPS) is 29.4. The summed E-state index contributed by atoms with van der Waals surface area (Å²) in [5.74, 6) is 1.89. The van der Waals surface area contributed by atoms with Crippen molar-refractivity contribution < 1.29 is 14.2 Å². The Hall–Kier alpha value is -0.600. The summed E-state index contributed by atoms with van der Waals surface area (Å²) in [6.45, 7) is 3.12. The topological polar surface area (TPSA) is 43.8 Å². The van der Waals surface area contributed by atoms with E-state index in [2.05, 4.69) is 32.5 Å². The van der Waals surface area contributed by atoms with E-state index in [-0.39, 0.29) is 12.2 Å². The fourth-order valence-corrected chi connectivity index (χ4v) is 3.44. The smallest absolute Gasteiger partial charge is 0.175 e. The molecule has 5 nitrogen and oxygen atoms in total. The molecule has 0 aromatic carbocycles. The quantitative estimate of drug-likeness (QED) is 0.734. The van der Waals surface area contributed by atoms with Crippen molar-refractivity contribution in [1.82, 2.24) is 4.98 Å². The minimum atomic E-state index is 0.271. The molecule has 2 atom stereocenters. The van der Waals surface area contributed by atoms with Gasteiger partial charge in [-0.15, -0.1) is 0 Å². The summed E-state index contributed by atoms with van der Waals surface area (Å²) in [7, 11) is 0. The molecule has 0 bridgehead atoms. The number of pyridine rings is 1. The van der Waals surface area contributed by atoms with Crippen molar-refractivity contribution in [2.24, 2.45) is 0 Å². The lowest BCUT2D eigenvalue weighted by Gasteiger charge is -2.32. The van der Waals surface area contributed by atoms with Gasteiger partial charge in [-0.25, -0.2) is 4.98 Å².